The summed E-state index contributed by atoms with van der Waals surface area (Å²) in [5.74, 6) is 5.73. The minimum Gasteiger partial charge on any atom is -0.495 e. The van der Waals surface area contributed by atoms with Gasteiger partial charge in [0.05, 0.1) is 49.8 Å². The molecule has 3 atom stereocenters. The molecule has 220 valence electrons. The number of rotatable bonds is 9. The number of aromatic nitrogens is 1. The fraction of sp³-hybridized carbons (Fsp3) is 0.414. The van der Waals surface area contributed by atoms with E-state index in [1.54, 1.807) is 30.3 Å². The van der Waals surface area contributed by atoms with E-state index in [0.29, 0.717) is 34.4 Å². The van der Waals surface area contributed by atoms with Gasteiger partial charge in [0, 0.05) is 42.4 Å². The molecule has 0 bridgehead atoms. The number of carbonyl (C=O) groups is 1. The predicted octanol–water partition coefficient (Wildman–Crippen LogP) is 4.18. The zero-order valence-corrected chi connectivity index (χ0v) is 24.1. The summed E-state index contributed by atoms with van der Waals surface area (Å²) < 4.78 is 52.0. The number of nitrogens with zero attached hydrogens (tertiary/aromatic N) is 2. The fourth-order valence-electron chi connectivity index (χ4n) is 5.00. The molecule has 1 saturated heterocycles. The van der Waals surface area contributed by atoms with Gasteiger partial charge >= 0.3 is 12.1 Å². The second kappa shape index (κ2) is 13.5. The maximum Gasteiger partial charge on any atom is 0.406 e. The van der Waals surface area contributed by atoms with E-state index < -0.39 is 18.7 Å². The number of aliphatic hydroxyl groups excluding tert-OH is 1. The van der Waals surface area contributed by atoms with Crippen LogP contribution in [0.3, 0.4) is 0 Å². The van der Waals surface area contributed by atoms with E-state index in [1.165, 1.54) is 24.9 Å². The molecule has 8 nitrogen and oxygen atoms in total. The first-order valence-corrected chi connectivity index (χ1v) is 13.8. The van der Waals surface area contributed by atoms with Gasteiger partial charge in [-0.3, -0.25) is 0 Å². The van der Waals surface area contributed by atoms with Gasteiger partial charge in [0.25, 0.3) is 0 Å². The zero-order valence-electron chi connectivity index (χ0n) is 22.9. The summed E-state index contributed by atoms with van der Waals surface area (Å²) >= 11 is 0. The molecule has 12 heteroatoms. The van der Waals surface area contributed by atoms with E-state index in [4.69, 9.17) is 9.47 Å². The summed E-state index contributed by atoms with van der Waals surface area (Å²) in [4.78, 5) is 14.0. The van der Waals surface area contributed by atoms with E-state index >= 15 is 0 Å². The molecule has 1 aliphatic rings. The van der Waals surface area contributed by atoms with Crippen LogP contribution in [-0.2, 0) is 11.3 Å². The number of carbonyl (C=O) groups excluding carboxylic acids is 1. The van der Waals surface area contributed by atoms with Crippen molar-refractivity contribution in [3.8, 4) is 17.6 Å². The lowest BCUT2D eigenvalue weighted by atomic mass is 10.0. The highest BCUT2D eigenvalue weighted by atomic mass is 31.0. The molecular formula is C29H34F3N4O4P. The van der Waals surface area contributed by atoms with Crippen molar-refractivity contribution < 1.29 is 32.5 Å². The number of hydrogen-bond donors (Lipinski definition) is 3. The number of alkyl halides is 3. The highest BCUT2D eigenvalue weighted by Crippen LogP contribution is 2.32. The second-order valence-corrected chi connectivity index (χ2v) is 10.6. The van der Waals surface area contributed by atoms with Crippen molar-refractivity contribution in [2.75, 3.05) is 57.6 Å². The summed E-state index contributed by atoms with van der Waals surface area (Å²) in [5, 5.41) is 16.5. The Morgan fingerprint density at radius 2 is 2.00 bits per heavy atom. The van der Waals surface area contributed by atoms with Gasteiger partial charge in [-0.25, -0.2) is 4.79 Å². The van der Waals surface area contributed by atoms with Crippen molar-refractivity contribution >= 4 is 37.5 Å². The van der Waals surface area contributed by atoms with Gasteiger partial charge in [-0.2, -0.15) is 13.2 Å². The Kier molecular flexibility index (Phi) is 10.0. The number of fused-ring (bicyclic) bond motifs is 1. The topological polar surface area (TPSA) is 88.0 Å². The van der Waals surface area contributed by atoms with E-state index in [-0.39, 0.29) is 30.5 Å². The standard InChI is InChI=1S/C29H34F3N4O4P/c1-39-26-15-19(28(38)40-2)8-9-23(26)33-11-4-5-20-16-21-22(6-3-7-25(21)36(20)18-29(30,31)32)34-24-10-12-35(13-14-37)17-27(24)41/h3,6-9,15-16,24,27,33-34,37H,10-14,17-18,41H2,1-2H3. The molecule has 1 fully saturated rings. The number of benzene rings is 2. The molecule has 0 radical (unpaired) electrons. The number of halogens is 3. The highest BCUT2D eigenvalue weighted by molar-refractivity contribution is 7.17. The lowest BCUT2D eigenvalue weighted by molar-refractivity contribution is -0.140. The van der Waals surface area contributed by atoms with Gasteiger partial charge in [0.15, 0.2) is 0 Å². The minimum atomic E-state index is -4.43. The predicted molar refractivity (Wildman–Crippen MR) is 157 cm³/mol. The fourth-order valence-corrected chi connectivity index (χ4v) is 5.58. The van der Waals surface area contributed by atoms with Crippen molar-refractivity contribution in [3.63, 3.8) is 0 Å². The van der Waals surface area contributed by atoms with E-state index in [9.17, 15) is 23.1 Å². The van der Waals surface area contributed by atoms with Gasteiger partial charge in [0.1, 0.15) is 12.3 Å². The third-order valence-electron chi connectivity index (χ3n) is 6.99. The quantitative estimate of drug-likeness (QED) is 0.196. The number of piperidine rings is 1. The smallest absolute Gasteiger partial charge is 0.406 e. The first-order valence-electron chi connectivity index (χ1n) is 13.2. The number of esters is 1. The third kappa shape index (κ3) is 7.64. The molecule has 2 aromatic carbocycles. The Hall–Kier alpha value is -3.45. The van der Waals surface area contributed by atoms with Crippen molar-refractivity contribution in [1.82, 2.24) is 9.47 Å². The summed E-state index contributed by atoms with van der Waals surface area (Å²) in [6.07, 6.45) is -3.58. The Labute approximate surface area is 239 Å². The summed E-state index contributed by atoms with van der Waals surface area (Å²) in [6.45, 7) is 1.33. The van der Waals surface area contributed by atoms with Crippen LogP contribution in [0.4, 0.5) is 24.5 Å². The van der Waals surface area contributed by atoms with Crippen LogP contribution in [0.25, 0.3) is 10.9 Å². The average molecular weight is 591 g/mol. The van der Waals surface area contributed by atoms with Gasteiger partial charge in [-0.05, 0) is 48.7 Å². The van der Waals surface area contributed by atoms with Crippen LogP contribution in [0.1, 0.15) is 22.5 Å². The van der Waals surface area contributed by atoms with Crippen molar-refractivity contribution in [3.05, 3.63) is 53.7 Å². The highest BCUT2D eigenvalue weighted by Gasteiger charge is 2.30. The molecule has 0 amide bonds. The van der Waals surface area contributed by atoms with Crippen LogP contribution in [0.5, 0.6) is 5.75 Å². The average Bonchev–Trinajstić information content (AvgIpc) is 3.28. The molecule has 3 unspecified atom stereocenters. The van der Waals surface area contributed by atoms with Crippen LogP contribution < -0.4 is 15.4 Å². The number of methoxy groups -OCH3 is 2. The second-order valence-electron chi connectivity index (χ2n) is 9.76. The van der Waals surface area contributed by atoms with E-state index in [0.717, 1.165) is 25.2 Å². The lowest BCUT2D eigenvalue weighted by Gasteiger charge is -2.37. The van der Waals surface area contributed by atoms with Crippen LogP contribution in [0.15, 0.2) is 42.5 Å². The van der Waals surface area contributed by atoms with Gasteiger partial charge in [-0.1, -0.05) is 12.0 Å². The maximum absolute atomic E-state index is 13.6. The Balaban J connectivity index is 1.57. The van der Waals surface area contributed by atoms with Crippen LogP contribution >= 0.6 is 9.24 Å². The van der Waals surface area contributed by atoms with Crippen molar-refractivity contribution in [1.29, 1.82) is 0 Å². The Morgan fingerprint density at radius 3 is 2.68 bits per heavy atom. The third-order valence-corrected chi connectivity index (χ3v) is 7.66. The monoisotopic (exact) mass is 590 g/mol. The molecule has 0 saturated carbocycles. The molecule has 1 aromatic heterocycles. The normalized spacial score (nSPS) is 17.5. The van der Waals surface area contributed by atoms with Crippen LogP contribution in [0, 0.1) is 11.8 Å². The molecule has 1 aliphatic heterocycles. The van der Waals surface area contributed by atoms with Gasteiger partial charge < -0.3 is 34.7 Å². The number of anilines is 2. The first kappa shape index (κ1) is 30.5. The molecule has 0 spiro atoms. The molecule has 3 N–H and O–H groups in total. The molecule has 0 aliphatic carbocycles. The van der Waals surface area contributed by atoms with Crippen molar-refractivity contribution in [2.45, 2.75) is 30.8 Å². The lowest BCUT2D eigenvalue weighted by Crippen LogP contribution is -2.47. The number of nitrogens with one attached hydrogen (secondary N) is 2. The van der Waals surface area contributed by atoms with Gasteiger partial charge in [0.2, 0.25) is 0 Å². The van der Waals surface area contributed by atoms with E-state index in [1.807, 2.05) is 6.07 Å². The SMILES string of the molecule is COC(=O)c1ccc(NCC#Cc2cc3c(NC4CCN(CCO)CC4P)cccc3n2CC(F)(F)F)c(OC)c1. The number of β-amino-alcohol motifs (C(OH)–C–C–N with tert-alkyl or cyclic N) is 1. The summed E-state index contributed by atoms with van der Waals surface area (Å²) in [6, 6.07) is 11.9. The minimum absolute atomic E-state index is 0.107. The number of hydrogen-bond acceptors (Lipinski definition) is 7. The maximum atomic E-state index is 13.6. The van der Waals surface area contributed by atoms with E-state index in [2.05, 4.69) is 36.6 Å². The summed E-state index contributed by atoms with van der Waals surface area (Å²) in [7, 11) is 5.60. The number of ether oxygens (including phenoxy) is 2. The van der Waals surface area contributed by atoms with Crippen molar-refractivity contribution in [2.24, 2.45) is 0 Å². The number of aliphatic hydroxyl groups is 1. The first-order chi connectivity index (χ1) is 19.6. The largest absolute Gasteiger partial charge is 0.495 e. The van der Waals surface area contributed by atoms with Gasteiger partial charge in [-0.15, -0.1) is 9.24 Å². The van der Waals surface area contributed by atoms with Crippen LogP contribution in [-0.4, -0.2) is 85.4 Å². The number of likely N-dealkylation sites (tertiary alicyclic amines) is 1. The molecule has 2 heterocycles. The van der Waals surface area contributed by atoms with Crippen LogP contribution in [0.2, 0.25) is 0 Å². The molecular weight excluding hydrogens is 556 g/mol. The summed E-state index contributed by atoms with van der Waals surface area (Å²) in [5.41, 5.74) is 2.57. The Morgan fingerprint density at radius 1 is 1.20 bits per heavy atom. The molecule has 41 heavy (non-hydrogen) atoms. The molecule has 4 rings (SSSR count). The Bertz CT molecular complexity index is 1430. The molecule has 3 aromatic rings. The zero-order chi connectivity index (χ0) is 29.6.